The first-order chi connectivity index (χ1) is 19.6. The molecule has 3 heteroatoms. The Hall–Kier alpha value is -2.29. The van der Waals surface area contributed by atoms with Crippen molar-refractivity contribution in [2.24, 2.45) is 0 Å². The summed E-state index contributed by atoms with van der Waals surface area (Å²) >= 11 is 0. The van der Waals surface area contributed by atoms with Crippen molar-refractivity contribution in [1.29, 1.82) is 0 Å². The quantitative estimate of drug-likeness (QED) is 0.0963. The minimum Gasteiger partial charge on any atom is -0.494 e. The molecule has 0 aliphatic heterocycles. The topological polar surface area (TPSA) is 35.5 Å². The summed E-state index contributed by atoms with van der Waals surface area (Å²) in [7, 11) is 0. The molecule has 2 aromatic rings. The van der Waals surface area contributed by atoms with Crippen LogP contribution in [0.25, 0.3) is 11.1 Å². The van der Waals surface area contributed by atoms with Crippen LogP contribution >= 0.6 is 0 Å². The molecule has 0 aliphatic carbocycles. The number of hydrogen-bond donors (Lipinski definition) is 0. The summed E-state index contributed by atoms with van der Waals surface area (Å²) in [6.45, 7) is 7.28. The van der Waals surface area contributed by atoms with E-state index in [4.69, 9.17) is 9.47 Å². The second-order valence-electron chi connectivity index (χ2n) is 11.5. The van der Waals surface area contributed by atoms with Crippen molar-refractivity contribution in [3.8, 4) is 16.9 Å². The molecular formula is C37H58O3. The van der Waals surface area contributed by atoms with Crippen molar-refractivity contribution in [1.82, 2.24) is 0 Å². The van der Waals surface area contributed by atoms with E-state index in [1.807, 2.05) is 6.92 Å². The Labute approximate surface area is 246 Å². The van der Waals surface area contributed by atoms with E-state index in [2.05, 4.69) is 62.4 Å². The number of hydrogen-bond acceptors (Lipinski definition) is 3. The Bertz CT molecular complexity index is 871. The van der Waals surface area contributed by atoms with Gasteiger partial charge in [0.25, 0.3) is 0 Å². The van der Waals surface area contributed by atoms with Gasteiger partial charge in [0.2, 0.25) is 0 Å². The Morgan fingerprint density at radius 3 is 1.50 bits per heavy atom. The standard InChI is InChI=1S/C37H58O3/c1-4-6-8-10-12-14-15-16-18-20-22-37(38)40-32(3)33-23-25-34(26-24-33)35-27-29-36(30-28-35)39-31-21-19-17-13-11-9-7-5-2/h23-30,32H,4-22,31H2,1-3H3. The molecule has 224 valence electrons. The lowest BCUT2D eigenvalue weighted by Gasteiger charge is -2.14. The van der Waals surface area contributed by atoms with E-state index in [0.717, 1.165) is 48.3 Å². The van der Waals surface area contributed by atoms with Crippen molar-refractivity contribution < 1.29 is 14.3 Å². The largest absolute Gasteiger partial charge is 0.494 e. The van der Waals surface area contributed by atoms with E-state index in [-0.39, 0.29) is 12.1 Å². The number of rotatable bonds is 24. The summed E-state index contributed by atoms with van der Waals surface area (Å²) in [5, 5.41) is 0. The van der Waals surface area contributed by atoms with Crippen LogP contribution in [0.5, 0.6) is 5.75 Å². The normalized spacial score (nSPS) is 11.9. The van der Waals surface area contributed by atoms with E-state index in [1.54, 1.807) is 0 Å². The van der Waals surface area contributed by atoms with Gasteiger partial charge in [-0.25, -0.2) is 0 Å². The van der Waals surface area contributed by atoms with Gasteiger partial charge < -0.3 is 9.47 Å². The van der Waals surface area contributed by atoms with Gasteiger partial charge in [-0.2, -0.15) is 0 Å². The Morgan fingerprint density at radius 2 is 1.00 bits per heavy atom. The SMILES string of the molecule is CCCCCCCCCCCCC(=O)OC(C)c1ccc(-c2ccc(OCCCCCCCCCC)cc2)cc1. The predicted octanol–water partition coefficient (Wildman–Crippen LogP) is 11.8. The highest BCUT2D eigenvalue weighted by Gasteiger charge is 2.12. The first-order valence-corrected chi connectivity index (χ1v) is 16.7. The van der Waals surface area contributed by atoms with Crippen molar-refractivity contribution in [3.05, 3.63) is 54.1 Å². The summed E-state index contributed by atoms with van der Waals surface area (Å²) in [6, 6.07) is 16.7. The van der Waals surface area contributed by atoms with Crippen molar-refractivity contribution in [3.63, 3.8) is 0 Å². The summed E-state index contributed by atoms with van der Waals surface area (Å²) in [5.74, 6) is 0.852. The summed E-state index contributed by atoms with van der Waals surface area (Å²) in [4.78, 5) is 12.3. The molecule has 0 spiro atoms. The first-order valence-electron chi connectivity index (χ1n) is 16.7. The Kier molecular flexibility index (Phi) is 19.0. The lowest BCUT2D eigenvalue weighted by molar-refractivity contribution is -0.148. The molecule has 0 aromatic heterocycles. The zero-order valence-corrected chi connectivity index (χ0v) is 26.1. The van der Waals surface area contributed by atoms with E-state index in [0.29, 0.717) is 6.42 Å². The molecule has 0 bridgehead atoms. The molecule has 0 saturated carbocycles. The second-order valence-corrected chi connectivity index (χ2v) is 11.5. The van der Waals surface area contributed by atoms with Crippen LogP contribution in [0.3, 0.4) is 0 Å². The molecule has 2 aromatic carbocycles. The molecule has 0 amide bonds. The maximum absolute atomic E-state index is 12.3. The van der Waals surface area contributed by atoms with Crippen LogP contribution in [-0.2, 0) is 9.53 Å². The molecule has 40 heavy (non-hydrogen) atoms. The van der Waals surface area contributed by atoms with E-state index in [1.165, 1.54) is 96.3 Å². The zero-order chi connectivity index (χ0) is 28.7. The van der Waals surface area contributed by atoms with Gasteiger partial charge in [-0.05, 0) is 48.6 Å². The molecule has 0 N–H and O–H groups in total. The summed E-state index contributed by atoms with van der Waals surface area (Å²) < 4.78 is 11.7. The molecule has 0 radical (unpaired) electrons. The van der Waals surface area contributed by atoms with Crippen LogP contribution in [0, 0.1) is 0 Å². The van der Waals surface area contributed by atoms with Crippen molar-refractivity contribution in [2.45, 2.75) is 149 Å². The minimum absolute atomic E-state index is 0.0845. The number of unbranched alkanes of at least 4 members (excludes halogenated alkanes) is 16. The maximum Gasteiger partial charge on any atom is 0.306 e. The number of benzene rings is 2. The average molecular weight is 551 g/mol. The van der Waals surface area contributed by atoms with Gasteiger partial charge in [0, 0.05) is 6.42 Å². The fourth-order valence-corrected chi connectivity index (χ4v) is 5.20. The smallest absolute Gasteiger partial charge is 0.306 e. The van der Waals surface area contributed by atoms with Gasteiger partial charge in [-0.3, -0.25) is 4.79 Å². The molecule has 0 saturated heterocycles. The molecule has 2 rings (SSSR count). The summed E-state index contributed by atoms with van der Waals surface area (Å²) in [6.07, 6.45) is 23.5. The van der Waals surface area contributed by atoms with Crippen LogP contribution in [-0.4, -0.2) is 12.6 Å². The number of esters is 1. The Balaban J connectivity index is 1.60. The molecule has 0 aliphatic rings. The fourth-order valence-electron chi connectivity index (χ4n) is 5.20. The van der Waals surface area contributed by atoms with Crippen LogP contribution in [0.4, 0.5) is 0 Å². The molecular weight excluding hydrogens is 492 g/mol. The van der Waals surface area contributed by atoms with Gasteiger partial charge in [-0.1, -0.05) is 153 Å². The fraction of sp³-hybridized carbons (Fsp3) is 0.649. The van der Waals surface area contributed by atoms with E-state index in [9.17, 15) is 4.79 Å². The number of carbonyl (C=O) groups excluding carboxylic acids is 1. The van der Waals surface area contributed by atoms with Gasteiger partial charge in [0.05, 0.1) is 6.61 Å². The van der Waals surface area contributed by atoms with Crippen LogP contribution in [0.15, 0.2) is 48.5 Å². The summed E-state index contributed by atoms with van der Waals surface area (Å²) in [5.41, 5.74) is 3.35. The van der Waals surface area contributed by atoms with E-state index < -0.39 is 0 Å². The molecule has 0 heterocycles. The van der Waals surface area contributed by atoms with Crippen LogP contribution < -0.4 is 4.74 Å². The lowest BCUT2D eigenvalue weighted by Crippen LogP contribution is -2.08. The molecule has 1 unspecified atom stereocenters. The molecule has 3 nitrogen and oxygen atoms in total. The van der Waals surface area contributed by atoms with Crippen molar-refractivity contribution >= 4 is 5.97 Å². The van der Waals surface area contributed by atoms with Gasteiger partial charge in [0.1, 0.15) is 11.9 Å². The monoisotopic (exact) mass is 550 g/mol. The third kappa shape index (κ3) is 15.5. The zero-order valence-electron chi connectivity index (χ0n) is 26.1. The maximum atomic E-state index is 12.3. The predicted molar refractivity (Wildman–Crippen MR) is 171 cm³/mol. The molecule has 1 atom stereocenters. The average Bonchev–Trinajstić information content (AvgIpc) is 2.97. The third-order valence-corrected chi connectivity index (χ3v) is 7.88. The second kappa shape index (κ2) is 22.4. The van der Waals surface area contributed by atoms with Gasteiger partial charge in [0.15, 0.2) is 0 Å². The van der Waals surface area contributed by atoms with Gasteiger partial charge >= 0.3 is 5.97 Å². The van der Waals surface area contributed by atoms with Crippen LogP contribution in [0.2, 0.25) is 0 Å². The Morgan fingerprint density at radius 1 is 0.575 bits per heavy atom. The molecule has 0 fully saturated rings. The highest BCUT2D eigenvalue weighted by Crippen LogP contribution is 2.26. The highest BCUT2D eigenvalue weighted by atomic mass is 16.5. The third-order valence-electron chi connectivity index (χ3n) is 7.88. The number of carbonyl (C=O) groups is 1. The first kappa shape index (κ1) is 33.9. The van der Waals surface area contributed by atoms with Crippen molar-refractivity contribution in [2.75, 3.05) is 6.61 Å². The van der Waals surface area contributed by atoms with Crippen LogP contribution in [0.1, 0.15) is 154 Å². The number of ether oxygens (including phenoxy) is 2. The lowest BCUT2D eigenvalue weighted by atomic mass is 10.0. The van der Waals surface area contributed by atoms with Gasteiger partial charge in [-0.15, -0.1) is 0 Å². The minimum atomic E-state index is -0.225. The van der Waals surface area contributed by atoms with E-state index >= 15 is 0 Å². The highest BCUT2D eigenvalue weighted by molar-refractivity contribution is 5.70.